The molecule has 0 bridgehead atoms. The van der Waals surface area contributed by atoms with E-state index in [1.165, 1.54) is 141 Å². The molecule has 0 fully saturated rings. The van der Waals surface area contributed by atoms with Crippen LogP contribution in [-0.4, -0.2) is 75.6 Å². The summed E-state index contributed by atoms with van der Waals surface area (Å²) >= 11 is 0. The number of carbonyl (C=O) groups excluding carboxylic acids is 1. The number of likely N-dealkylation sites (N-methyl/N-ethyl adjacent to an activating group) is 1. The van der Waals surface area contributed by atoms with E-state index >= 15 is 0 Å². The van der Waals surface area contributed by atoms with Gasteiger partial charge < -0.3 is 18.9 Å². The van der Waals surface area contributed by atoms with Crippen molar-refractivity contribution in [2.75, 3.05) is 54.1 Å². The number of allylic oxidation sites excluding steroid dienone is 8. The first-order valence-electron chi connectivity index (χ1n) is 24.4. The monoisotopic (exact) mass is 853 g/mol. The number of hydrogen-bond acceptors (Lipinski definition) is 6. The predicted molar refractivity (Wildman–Crippen MR) is 252 cm³/mol. The van der Waals surface area contributed by atoms with Crippen LogP contribution in [0.5, 0.6) is 0 Å². The fourth-order valence-electron chi connectivity index (χ4n) is 6.55. The molecular weight excluding hydrogens is 758 g/mol. The molecule has 8 nitrogen and oxygen atoms in total. The van der Waals surface area contributed by atoms with Gasteiger partial charge in [-0.25, -0.2) is 4.57 Å². The van der Waals surface area contributed by atoms with Gasteiger partial charge in [0.1, 0.15) is 19.3 Å². The number of hydrogen-bond donors (Lipinski definition) is 1. The Kier molecular flexibility index (Phi) is 42.0. The smallest absolute Gasteiger partial charge is 0.457 e. The van der Waals surface area contributed by atoms with Crippen molar-refractivity contribution in [3.63, 3.8) is 0 Å². The molecule has 0 heterocycles. The Labute approximate surface area is 365 Å². The van der Waals surface area contributed by atoms with E-state index in [-0.39, 0.29) is 25.8 Å². The van der Waals surface area contributed by atoms with Crippen molar-refractivity contribution in [3.8, 4) is 0 Å². The Bertz CT molecular complexity index is 1080. The van der Waals surface area contributed by atoms with Gasteiger partial charge in [-0.1, -0.05) is 172 Å². The second kappa shape index (κ2) is 43.1. The van der Waals surface area contributed by atoms with Gasteiger partial charge in [-0.3, -0.25) is 13.8 Å². The van der Waals surface area contributed by atoms with Crippen LogP contribution in [-0.2, 0) is 27.9 Å². The molecule has 0 aromatic carbocycles. The molecule has 0 aromatic rings. The summed E-state index contributed by atoms with van der Waals surface area (Å²) in [6.45, 7) is 5.57. The van der Waals surface area contributed by atoms with Gasteiger partial charge in [-0.2, -0.15) is 0 Å². The van der Waals surface area contributed by atoms with Crippen molar-refractivity contribution in [2.45, 2.75) is 213 Å². The number of phosphoric acid groups is 1. The minimum Gasteiger partial charge on any atom is -0.457 e. The highest BCUT2D eigenvalue weighted by Crippen LogP contribution is 2.43. The van der Waals surface area contributed by atoms with Crippen LogP contribution in [0.25, 0.3) is 0 Å². The quantitative estimate of drug-likeness (QED) is 0.0214. The second-order valence-corrected chi connectivity index (χ2v) is 18.9. The Morgan fingerprint density at radius 1 is 0.525 bits per heavy atom. The van der Waals surface area contributed by atoms with E-state index in [1.807, 2.05) is 21.1 Å². The Hall–Kier alpha value is -1.54. The Morgan fingerprint density at radius 2 is 0.932 bits per heavy atom. The molecule has 0 saturated carbocycles. The Balaban J connectivity index is 4.19. The number of quaternary nitrogens is 1. The lowest BCUT2D eigenvalue weighted by Crippen LogP contribution is -2.37. The van der Waals surface area contributed by atoms with Gasteiger partial charge in [0.25, 0.3) is 0 Å². The van der Waals surface area contributed by atoms with Gasteiger partial charge in [0.15, 0.2) is 0 Å². The molecule has 0 spiro atoms. The average molecular weight is 853 g/mol. The van der Waals surface area contributed by atoms with Gasteiger partial charge >= 0.3 is 13.8 Å². The molecule has 346 valence electrons. The third-order valence-corrected chi connectivity index (χ3v) is 11.3. The number of phosphoric ester groups is 1. The number of nitrogens with zero attached hydrogens (tertiary/aromatic N) is 1. The van der Waals surface area contributed by atoms with Crippen molar-refractivity contribution in [1.29, 1.82) is 0 Å². The van der Waals surface area contributed by atoms with Crippen LogP contribution >= 0.6 is 7.82 Å². The largest absolute Gasteiger partial charge is 0.472 e. The highest BCUT2D eigenvalue weighted by atomic mass is 31.2. The molecule has 0 rings (SSSR count). The zero-order chi connectivity index (χ0) is 43.4. The number of esters is 1. The maximum Gasteiger partial charge on any atom is 0.472 e. The van der Waals surface area contributed by atoms with Crippen LogP contribution in [0.4, 0.5) is 0 Å². The lowest BCUT2D eigenvalue weighted by molar-refractivity contribution is -0.870. The van der Waals surface area contributed by atoms with Gasteiger partial charge in [-0.05, 0) is 77.0 Å². The lowest BCUT2D eigenvalue weighted by atomic mass is 10.1. The zero-order valence-corrected chi connectivity index (χ0v) is 40.1. The molecule has 1 N–H and O–H groups in total. The van der Waals surface area contributed by atoms with Crippen LogP contribution in [0.1, 0.15) is 206 Å². The van der Waals surface area contributed by atoms with Crippen LogP contribution < -0.4 is 0 Å². The average Bonchev–Trinajstić information content (AvgIpc) is 3.19. The van der Waals surface area contributed by atoms with Crippen molar-refractivity contribution in [1.82, 2.24) is 0 Å². The van der Waals surface area contributed by atoms with E-state index in [1.54, 1.807) is 0 Å². The summed E-state index contributed by atoms with van der Waals surface area (Å²) in [7, 11) is 1.66. The first-order chi connectivity index (χ1) is 28.6. The minimum absolute atomic E-state index is 0.0854. The fraction of sp³-hybridized carbons (Fsp3) is 0.820. The summed E-state index contributed by atoms with van der Waals surface area (Å²) in [5, 5.41) is 0. The molecule has 0 aromatic heterocycles. The third-order valence-electron chi connectivity index (χ3n) is 10.4. The molecule has 59 heavy (non-hydrogen) atoms. The highest BCUT2D eigenvalue weighted by molar-refractivity contribution is 7.47. The molecule has 0 radical (unpaired) electrons. The first kappa shape index (κ1) is 57.5. The van der Waals surface area contributed by atoms with Crippen LogP contribution in [0.2, 0.25) is 0 Å². The molecule has 0 aliphatic heterocycles. The predicted octanol–water partition coefficient (Wildman–Crippen LogP) is 14.7. The molecule has 0 aliphatic rings. The summed E-state index contributed by atoms with van der Waals surface area (Å²) in [6.07, 6.45) is 52.8. The maximum atomic E-state index is 12.7. The summed E-state index contributed by atoms with van der Waals surface area (Å²) in [5.74, 6) is -0.320. The van der Waals surface area contributed by atoms with Crippen molar-refractivity contribution >= 4 is 13.8 Å². The van der Waals surface area contributed by atoms with Crippen LogP contribution in [0.15, 0.2) is 48.6 Å². The van der Waals surface area contributed by atoms with Gasteiger partial charge in [0.2, 0.25) is 0 Å². The standard InChI is InChI=1S/C50H94NO7P/c1-6-8-10-12-14-16-18-20-22-24-26-27-29-31-33-35-37-39-41-43-50(52)58-49(48-57-59(53,54)56-46-44-51(3,4)5)47-55-45-42-40-38-36-34-32-30-28-25-23-21-19-17-15-13-11-9-7-2/h14-17,20-23,49H,6-13,18-19,24-48H2,1-5H3/p+1/b16-14-,17-15-,22-20-,23-21-. The topological polar surface area (TPSA) is 91.3 Å². The van der Waals surface area contributed by atoms with Crippen LogP contribution in [0.3, 0.4) is 0 Å². The number of carbonyl (C=O) groups is 1. The summed E-state index contributed by atoms with van der Waals surface area (Å²) < 4.78 is 35.1. The molecule has 2 atom stereocenters. The molecule has 0 aliphatic carbocycles. The number of ether oxygens (including phenoxy) is 2. The van der Waals surface area contributed by atoms with Crippen molar-refractivity contribution < 1.29 is 37.3 Å². The summed E-state index contributed by atoms with van der Waals surface area (Å²) in [4.78, 5) is 23.0. The van der Waals surface area contributed by atoms with E-state index in [2.05, 4.69) is 62.5 Å². The Morgan fingerprint density at radius 3 is 1.37 bits per heavy atom. The second-order valence-electron chi connectivity index (χ2n) is 17.5. The molecule has 2 unspecified atom stereocenters. The fourth-order valence-corrected chi connectivity index (χ4v) is 7.30. The third kappa shape index (κ3) is 47.4. The van der Waals surface area contributed by atoms with Crippen molar-refractivity contribution in [3.05, 3.63) is 48.6 Å². The van der Waals surface area contributed by atoms with Gasteiger partial charge in [0, 0.05) is 13.0 Å². The first-order valence-corrected chi connectivity index (χ1v) is 25.9. The highest BCUT2D eigenvalue weighted by Gasteiger charge is 2.26. The van der Waals surface area contributed by atoms with Crippen molar-refractivity contribution in [2.24, 2.45) is 0 Å². The minimum atomic E-state index is -4.28. The normalized spacial score (nSPS) is 14.1. The summed E-state index contributed by atoms with van der Waals surface area (Å²) in [5.41, 5.74) is 0. The van der Waals surface area contributed by atoms with E-state index in [4.69, 9.17) is 18.5 Å². The number of rotatable bonds is 45. The van der Waals surface area contributed by atoms with Gasteiger partial charge in [0.05, 0.1) is 34.4 Å². The van der Waals surface area contributed by atoms with Gasteiger partial charge in [-0.15, -0.1) is 0 Å². The molecule has 0 saturated heterocycles. The van der Waals surface area contributed by atoms with E-state index in [0.717, 1.165) is 44.9 Å². The molecule has 9 heteroatoms. The van der Waals surface area contributed by atoms with E-state index < -0.39 is 13.9 Å². The summed E-state index contributed by atoms with van der Waals surface area (Å²) in [6, 6.07) is 0. The lowest BCUT2D eigenvalue weighted by Gasteiger charge is -2.24. The van der Waals surface area contributed by atoms with E-state index in [9.17, 15) is 14.3 Å². The van der Waals surface area contributed by atoms with E-state index in [0.29, 0.717) is 24.1 Å². The number of unbranched alkanes of at least 4 members (excludes halogenated alkanes) is 23. The SMILES string of the molecule is CCCCC/C=C\C/C=C\CCCCCCCCCCCC(=O)OC(COCCCCCCCCCC/C=C\C/C=C\CCCCC)COP(=O)(O)OCC[N+](C)(C)C. The molecular formula is C50H95NO7P+. The molecule has 0 amide bonds. The zero-order valence-electron chi connectivity index (χ0n) is 39.2. The maximum absolute atomic E-state index is 12.7. The van der Waals surface area contributed by atoms with Crippen LogP contribution in [0, 0.1) is 0 Å².